The first-order valence-corrected chi connectivity index (χ1v) is 11.8. The van der Waals surface area contributed by atoms with Gasteiger partial charge in [-0.1, -0.05) is 17.7 Å². The Kier molecular flexibility index (Phi) is 7.03. The zero-order valence-corrected chi connectivity index (χ0v) is 16.7. The first-order valence-electron chi connectivity index (χ1n) is 8.07. The summed E-state index contributed by atoms with van der Waals surface area (Å²) in [6.07, 6.45) is 2.06. The van der Waals surface area contributed by atoms with E-state index in [2.05, 4.69) is 10.0 Å². The van der Waals surface area contributed by atoms with Crippen molar-refractivity contribution in [2.24, 2.45) is 5.92 Å². The van der Waals surface area contributed by atoms with Crippen LogP contribution in [0.1, 0.15) is 12.8 Å². The molecule has 26 heavy (non-hydrogen) atoms. The van der Waals surface area contributed by atoms with Gasteiger partial charge < -0.3 is 5.32 Å². The normalized spacial score (nSPS) is 17.2. The van der Waals surface area contributed by atoms with Gasteiger partial charge in [-0.15, -0.1) is 0 Å². The van der Waals surface area contributed by atoms with Crippen molar-refractivity contribution in [3.63, 3.8) is 0 Å². The molecule has 1 aromatic rings. The summed E-state index contributed by atoms with van der Waals surface area (Å²) in [6.45, 7) is 0.824. The molecule has 0 atom stereocenters. The molecule has 1 aromatic carbocycles. The zero-order valence-electron chi connectivity index (χ0n) is 14.3. The largest absolute Gasteiger partial charge is 0.355 e. The van der Waals surface area contributed by atoms with E-state index in [1.54, 1.807) is 12.1 Å². The lowest BCUT2D eigenvalue weighted by Crippen LogP contribution is -2.44. The number of amides is 1. The molecule has 1 aliphatic heterocycles. The predicted molar refractivity (Wildman–Crippen MR) is 98.8 cm³/mol. The molecule has 0 radical (unpaired) electrons. The van der Waals surface area contributed by atoms with Gasteiger partial charge in [0.25, 0.3) is 0 Å². The van der Waals surface area contributed by atoms with Crippen LogP contribution < -0.4 is 10.0 Å². The molecule has 1 heterocycles. The Hall–Kier alpha value is -1.20. The zero-order chi connectivity index (χ0) is 19.4. The third-order valence-corrected chi connectivity index (χ3v) is 7.11. The fraction of sp³-hybridized carbons (Fsp3) is 0.533. The highest BCUT2D eigenvalue weighted by Gasteiger charge is 2.28. The van der Waals surface area contributed by atoms with E-state index in [1.165, 1.54) is 16.4 Å². The van der Waals surface area contributed by atoms with Crippen LogP contribution in [0.3, 0.4) is 0 Å². The summed E-state index contributed by atoms with van der Waals surface area (Å²) in [5.74, 6) is -0.461. The Bertz CT molecular complexity index is 850. The Morgan fingerprint density at radius 1 is 1.19 bits per heavy atom. The van der Waals surface area contributed by atoms with E-state index in [1.807, 2.05) is 0 Å². The number of hydrogen-bond acceptors (Lipinski definition) is 5. The van der Waals surface area contributed by atoms with Gasteiger partial charge in [-0.05, 0) is 31.0 Å². The monoisotopic (exact) mass is 423 g/mol. The fourth-order valence-corrected chi connectivity index (χ4v) is 4.89. The Morgan fingerprint density at radius 3 is 2.42 bits per heavy atom. The third kappa shape index (κ3) is 5.92. The molecule has 1 saturated heterocycles. The highest BCUT2D eigenvalue weighted by molar-refractivity contribution is 7.89. The first kappa shape index (κ1) is 21.1. The average molecular weight is 424 g/mol. The van der Waals surface area contributed by atoms with Gasteiger partial charge in [0, 0.05) is 37.1 Å². The topological polar surface area (TPSA) is 113 Å². The van der Waals surface area contributed by atoms with Gasteiger partial charge in [0.05, 0.1) is 11.2 Å². The molecule has 0 spiro atoms. The van der Waals surface area contributed by atoms with Crippen LogP contribution in [0.4, 0.5) is 0 Å². The number of halogens is 1. The first-order chi connectivity index (χ1) is 12.1. The molecule has 11 heteroatoms. The molecule has 0 saturated carbocycles. The van der Waals surface area contributed by atoms with Gasteiger partial charge in [0.2, 0.25) is 26.0 Å². The second kappa shape index (κ2) is 8.66. The van der Waals surface area contributed by atoms with Crippen molar-refractivity contribution in [1.82, 2.24) is 14.3 Å². The van der Waals surface area contributed by atoms with Crippen LogP contribution in [-0.4, -0.2) is 59.5 Å². The molecule has 1 fully saturated rings. The SMILES string of the molecule is CS(=O)(=O)N1CCC(C(=O)NCCNS(=O)(=O)c2cccc(Cl)c2)CC1. The van der Waals surface area contributed by atoms with E-state index >= 15 is 0 Å². The van der Waals surface area contributed by atoms with Gasteiger partial charge in [0.1, 0.15) is 0 Å². The molecule has 1 aliphatic rings. The number of rotatable bonds is 7. The van der Waals surface area contributed by atoms with Crippen molar-refractivity contribution in [3.8, 4) is 0 Å². The number of carbonyl (C=O) groups is 1. The van der Waals surface area contributed by atoms with Crippen molar-refractivity contribution in [2.75, 3.05) is 32.4 Å². The second-order valence-electron chi connectivity index (χ2n) is 6.08. The van der Waals surface area contributed by atoms with E-state index in [4.69, 9.17) is 11.6 Å². The Balaban J connectivity index is 1.75. The molecule has 0 aliphatic carbocycles. The van der Waals surface area contributed by atoms with E-state index in [9.17, 15) is 21.6 Å². The van der Waals surface area contributed by atoms with Crippen LogP contribution in [0.5, 0.6) is 0 Å². The minimum absolute atomic E-state index is 0.0444. The summed E-state index contributed by atoms with van der Waals surface area (Å²) in [5, 5.41) is 3.00. The molecule has 2 rings (SSSR count). The van der Waals surface area contributed by atoms with Crippen LogP contribution in [0.2, 0.25) is 5.02 Å². The Labute approximate surface area is 159 Å². The van der Waals surface area contributed by atoms with Crippen molar-refractivity contribution in [1.29, 1.82) is 0 Å². The standard InChI is InChI=1S/C15H22ClN3O5S2/c1-25(21,22)19-9-5-12(6-10-19)15(20)17-7-8-18-26(23,24)14-4-2-3-13(16)11-14/h2-4,11-12,18H,5-10H2,1H3,(H,17,20). The number of carbonyl (C=O) groups excluding carboxylic acids is 1. The minimum Gasteiger partial charge on any atom is -0.355 e. The van der Waals surface area contributed by atoms with Crippen LogP contribution in [0.15, 0.2) is 29.2 Å². The van der Waals surface area contributed by atoms with Gasteiger partial charge in [-0.3, -0.25) is 4.79 Å². The molecule has 1 amide bonds. The number of sulfonamides is 2. The number of piperidine rings is 1. The van der Waals surface area contributed by atoms with E-state index < -0.39 is 20.0 Å². The molecule has 2 N–H and O–H groups in total. The molecular formula is C15H22ClN3O5S2. The summed E-state index contributed by atoms with van der Waals surface area (Å²) < 4.78 is 50.9. The predicted octanol–water partition coefficient (Wildman–Crippen LogP) is 0.406. The lowest BCUT2D eigenvalue weighted by molar-refractivity contribution is -0.126. The van der Waals surface area contributed by atoms with Crippen LogP contribution in [0, 0.1) is 5.92 Å². The van der Waals surface area contributed by atoms with Crippen LogP contribution >= 0.6 is 11.6 Å². The molecule has 0 aromatic heterocycles. The van der Waals surface area contributed by atoms with E-state index in [0.29, 0.717) is 31.0 Å². The van der Waals surface area contributed by atoms with E-state index in [0.717, 1.165) is 6.26 Å². The van der Waals surface area contributed by atoms with E-state index in [-0.39, 0.29) is 29.8 Å². The highest BCUT2D eigenvalue weighted by Crippen LogP contribution is 2.19. The lowest BCUT2D eigenvalue weighted by atomic mass is 9.97. The number of benzene rings is 1. The van der Waals surface area contributed by atoms with Gasteiger partial charge in [-0.25, -0.2) is 25.9 Å². The van der Waals surface area contributed by atoms with Crippen LogP contribution in [0.25, 0.3) is 0 Å². The molecular weight excluding hydrogens is 402 g/mol. The van der Waals surface area contributed by atoms with Gasteiger partial charge >= 0.3 is 0 Å². The van der Waals surface area contributed by atoms with Crippen molar-refractivity contribution >= 4 is 37.6 Å². The maximum atomic E-state index is 12.1. The van der Waals surface area contributed by atoms with Crippen LogP contribution in [-0.2, 0) is 24.8 Å². The average Bonchev–Trinajstić information content (AvgIpc) is 2.58. The van der Waals surface area contributed by atoms with Crippen molar-refractivity contribution in [3.05, 3.63) is 29.3 Å². The summed E-state index contributed by atoms with van der Waals surface area (Å²) in [6, 6.07) is 5.90. The molecule has 0 unspecified atom stereocenters. The minimum atomic E-state index is -3.69. The summed E-state index contributed by atoms with van der Waals surface area (Å²) in [5.41, 5.74) is 0. The van der Waals surface area contributed by atoms with Gasteiger partial charge in [0.15, 0.2) is 0 Å². The number of hydrogen-bond donors (Lipinski definition) is 2. The van der Waals surface area contributed by atoms with Crippen molar-refractivity contribution < 1.29 is 21.6 Å². The molecule has 146 valence electrons. The molecule has 0 bridgehead atoms. The highest BCUT2D eigenvalue weighted by atomic mass is 35.5. The maximum absolute atomic E-state index is 12.1. The Morgan fingerprint density at radius 2 is 1.85 bits per heavy atom. The van der Waals surface area contributed by atoms with Gasteiger partial charge in [-0.2, -0.15) is 0 Å². The summed E-state index contributed by atoms with van der Waals surface area (Å²) in [4.78, 5) is 12.2. The lowest BCUT2D eigenvalue weighted by Gasteiger charge is -2.29. The maximum Gasteiger partial charge on any atom is 0.240 e. The van der Waals surface area contributed by atoms with Crippen molar-refractivity contribution in [2.45, 2.75) is 17.7 Å². The number of nitrogens with zero attached hydrogens (tertiary/aromatic N) is 1. The quantitative estimate of drug-likeness (QED) is 0.616. The smallest absolute Gasteiger partial charge is 0.240 e. The summed E-state index contributed by atoms with van der Waals surface area (Å²) >= 11 is 5.79. The fourth-order valence-electron chi connectivity index (χ4n) is 2.68. The number of nitrogens with one attached hydrogen (secondary N) is 2. The third-order valence-electron chi connectivity index (χ3n) is 4.12. The molecule has 8 nitrogen and oxygen atoms in total. The second-order valence-corrected chi connectivity index (χ2v) is 10.3. The summed E-state index contributed by atoms with van der Waals surface area (Å²) in [7, 11) is -6.91.